The number of anilines is 1. The van der Waals surface area contributed by atoms with Gasteiger partial charge in [-0.1, -0.05) is 18.2 Å². The summed E-state index contributed by atoms with van der Waals surface area (Å²) in [5, 5.41) is 9.00. The summed E-state index contributed by atoms with van der Waals surface area (Å²) in [6.45, 7) is 5.89. The van der Waals surface area contributed by atoms with Gasteiger partial charge in [0.25, 0.3) is 5.91 Å². The molecule has 2 aliphatic heterocycles. The van der Waals surface area contributed by atoms with E-state index in [4.69, 9.17) is 5.11 Å². The van der Waals surface area contributed by atoms with Crippen molar-refractivity contribution in [3.8, 4) is 0 Å². The number of aliphatic hydroxyl groups excluding tert-OH is 1. The first kappa shape index (κ1) is 16.1. The van der Waals surface area contributed by atoms with Gasteiger partial charge in [-0.3, -0.25) is 19.4 Å². The Labute approximate surface area is 136 Å². The van der Waals surface area contributed by atoms with Gasteiger partial charge in [0, 0.05) is 32.7 Å². The predicted molar refractivity (Wildman–Crippen MR) is 87.2 cm³/mol. The largest absolute Gasteiger partial charge is 0.395 e. The fraction of sp³-hybridized carbons (Fsp3) is 0.529. The molecule has 0 aromatic heterocycles. The van der Waals surface area contributed by atoms with Crippen molar-refractivity contribution in [3.63, 3.8) is 0 Å². The van der Waals surface area contributed by atoms with E-state index >= 15 is 0 Å². The number of carbonyl (C=O) groups excluding carboxylic acids is 2. The van der Waals surface area contributed by atoms with Crippen LogP contribution in [0.25, 0.3) is 0 Å². The molecule has 2 amide bonds. The van der Waals surface area contributed by atoms with Crippen LogP contribution in [0.2, 0.25) is 0 Å². The van der Waals surface area contributed by atoms with Crippen molar-refractivity contribution >= 4 is 17.5 Å². The molecule has 2 heterocycles. The molecule has 0 aliphatic carbocycles. The number of para-hydroxylation sites is 1. The minimum atomic E-state index is -0.349. The first-order valence-electron chi connectivity index (χ1n) is 8.11. The number of imide groups is 1. The molecule has 3 rings (SSSR count). The van der Waals surface area contributed by atoms with E-state index in [0.29, 0.717) is 12.2 Å². The summed E-state index contributed by atoms with van der Waals surface area (Å²) < 4.78 is 0. The first-order chi connectivity index (χ1) is 11.1. The number of hydrogen-bond acceptors (Lipinski definition) is 5. The van der Waals surface area contributed by atoms with Crippen LogP contribution in [-0.4, -0.2) is 72.1 Å². The summed E-state index contributed by atoms with van der Waals surface area (Å²) in [5.41, 5.74) is 1.63. The number of piperazine rings is 1. The Kier molecular flexibility index (Phi) is 4.75. The van der Waals surface area contributed by atoms with E-state index in [2.05, 4.69) is 9.80 Å². The zero-order chi connectivity index (χ0) is 16.4. The molecule has 0 bridgehead atoms. The number of aliphatic hydroxyl groups is 1. The number of aryl methyl sites for hydroxylation is 1. The lowest BCUT2D eigenvalue weighted by Crippen LogP contribution is -2.53. The van der Waals surface area contributed by atoms with E-state index in [9.17, 15) is 9.59 Å². The Morgan fingerprint density at radius 3 is 2.48 bits per heavy atom. The molecule has 6 heteroatoms. The van der Waals surface area contributed by atoms with Gasteiger partial charge >= 0.3 is 0 Å². The molecule has 0 radical (unpaired) electrons. The number of amides is 2. The number of β-amino-alcohol motifs (C(OH)–C–C–N with tert-alkyl or cyclic N) is 1. The van der Waals surface area contributed by atoms with Crippen LogP contribution in [-0.2, 0) is 9.59 Å². The monoisotopic (exact) mass is 317 g/mol. The third kappa shape index (κ3) is 3.15. The summed E-state index contributed by atoms with van der Waals surface area (Å²) in [4.78, 5) is 30.8. The summed E-state index contributed by atoms with van der Waals surface area (Å²) in [6.07, 6.45) is 0.257. The zero-order valence-corrected chi connectivity index (χ0v) is 13.4. The van der Waals surface area contributed by atoms with Gasteiger partial charge in [-0.2, -0.15) is 0 Å². The molecule has 1 N–H and O–H groups in total. The lowest BCUT2D eigenvalue weighted by Gasteiger charge is -2.36. The Balaban J connectivity index is 1.71. The van der Waals surface area contributed by atoms with Gasteiger partial charge in [0.05, 0.1) is 24.8 Å². The van der Waals surface area contributed by atoms with Crippen LogP contribution >= 0.6 is 0 Å². The van der Waals surface area contributed by atoms with Crippen LogP contribution in [0.5, 0.6) is 0 Å². The van der Waals surface area contributed by atoms with E-state index in [0.717, 1.165) is 31.7 Å². The Morgan fingerprint density at radius 1 is 1.13 bits per heavy atom. The lowest BCUT2D eigenvalue weighted by atomic mass is 10.1. The highest BCUT2D eigenvalue weighted by atomic mass is 16.3. The van der Waals surface area contributed by atoms with Gasteiger partial charge < -0.3 is 5.11 Å². The molecular weight excluding hydrogens is 294 g/mol. The van der Waals surface area contributed by atoms with Crippen molar-refractivity contribution in [2.45, 2.75) is 19.4 Å². The van der Waals surface area contributed by atoms with Crippen LogP contribution in [0.3, 0.4) is 0 Å². The average molecular weight is 317 g/mol. The van der Waals surface area contributed by atoms with Crippen molar-refractivity contribution in [1.82, 2.24) is 9.80 Å². The topological polar surface area (TPSA) is 64.1 Å². The van der Waals surface area contributed by atoms with Crippen molar-refractivity contribution in [3.05, 3.63) is 29.8 Å². The zero-order valence-electron chi connectivity index (χ0n) is 13.4. The third-order valence-corrected chi connectivity index (χ3v) is 4.74. The Morgan fingerprint density at radius 2 is 1.83 bits per heavy atom. The van der Waals surface area contributed by atoms with Gasteiger partial charge in [-0.05, 0) is 18.6 Å². The molecule has 0 spiro atoms. The quantitative estimate of drug-likeness (QED) is 0.806. The predicted octanol–water partition coefficient (Wildman–Crippen LogP) is 0.237. The fourth-order valence-electron chi connectivity index (χ4n) is 3.41. The van der Waals surface area contributed by atoms with Gasteiger partial charge in [-0.15, -0.1) is 0 Å². The minimum Gasteiger partial charge on any atom is -0.395 e. The molecule has 1 atom stereocenters. The van der Waals surface area contributed by atoms with Crippen LogP contribution in [0.15, 0.2) is 24.3 Å². The smallest absolute Gasteiger partial charge is 0.251 e. The highest BCUT2D eigenvalue weighted by molar-refractivity contribution is 6.22. The molecule has 2 saturated heterocycles. The highest BCUT2D eigenvalue weighted by Gasteiger charge is 2.43. The number of nitrogens with zero attached hydrogens (tertiary/aromatic N) is 3. The van der Waals surface area contributed by atoms with E-state index in [-0.39, 0.29) is 30.9 Å². The number of hydrogen-bond donors (Lipinski definition) is 1. The summed E-state index contributed by atoms with van der Waals surface area (Å²) in [6, 6.07) is 7.15. The maximum atomic E-state index is 12.8. The van der Waals surface area contributed by atoms with Crippen molar-refractivity contribution in [2.24, 2.45) is 0 Å². The standard InChI is InChI=1S/C17H23N3O3/c1-13-4-2-3-5-14(13)20-16(22)12-15(17(20)23)19-8-6-18(7-9-19)10-11-21/h2-5,15,21H,6-12H2,1H3/t15-/m0/s1. The van der Waals surface area contributed by atoms with Crippen LogP contribution in [0.1, 0.15) is 12.0 Å². The van der Waals surface area contributed by atoms with Crippen molar-refractivity contribution in [1.29, 1.82) is 0 Å². The molecular formula is C17H23N3O3. The number of benzene rings is 1. The van der Waals surface area contributed by atoms with Gasteiger partial charge in [0.2, 0.25) is 5.91 Å². The molecule has 1 aromatic rings. The van der Waals surface area contributed by atoms with E-state index in [1.165, 1.54) is 4.90 Å². The van der Waals surface area contributed by atoms with Crippen LogP contribution in [0.4, 0.5) is 5.69 Å². The molecule has 1 aromatic carbocycles. The van der Waals surface area contributed by atoms with Gasteiger partial charge in [0.1, 0.15) is 0 Å². The molecule has 0 saturated carbocycles. The molecule has 0 unspecified atom stereocenters. The summed E-state index contributed by atoms with van der Waals surface area (Å²) >= 11 is 0. The summed E-state index contributed by atoms with van der Waals surface area (Å²) in [7, 11) is 0. The first-order valence-corrected chi connectivity index (χ1v) is 8.11. The molecule has 6 nitrogen and oxygen atoms in total. The highest BCUT2D eigenvalue weighted by Crippen LogP contribution is 2.28. The SMILES string of the molecule is Cc1ccccc1N1C(=O)C[C@H](N2CCN(CCO)CC2)C1=O. The number of rotatable bonds is 4. The second-order valence-electron chi connectivity index (χ2n) is 6.18. The minimum absolute atomic E-state index is 0.111. The lowest BCUT2D eigenvalue weighted by molar-refractivity contribution is -0.123. The van der Waals surface area contributed by atoms with Crippen LogP contribution in [0, 0.1) is 6.92 Å². The summed E-state index contributed by atoms with van der Waals surface area (Å²) in [5.74, 6) is -0.230. The molecule has 2 aliphatic rings. The Hall–Kier alpha value is -1.76. The molecule has 2 fully saturated rings. The van der Waals surface area contributed by atoms with Crippen molar-refractivity contribution < 1.29 is 14.7 Å². The third-order valence-electron chi connectivity index (χ3n) is 4.74. The van der Waals surface area contributed by atoms with Gasteiger partial charge in [0.15, 0.2) is 0 Å². The number of carbonyl (C=O) groups is 2. The van der Waals surface area contributed by atoms with E-state index in [1.807, 2.05) is 31.2 Å². The second-order valence-corrected chi connectivity index (χ2v) is 6.18. The Bertz CT molecular complexity index is 597. The molecule has 23 heavy (non-hydrogen) atoms. The van der Waals surface area contributed by atoms with E-state index < -0.39 is 0 Å². The fourth-order valence-corrected chi connectivity index (χ4v) is 3.41. The van der Waals surface area contributed by atoms with Crippen molar-refractivity contribution in [2.75, 3.05) is 44.2 Å². The van der Waals surface area contributed by atoms with E-state index in [1.54, 1.807) is 0 Å². The average Bonchev–Trinajstić information content (AvgIpc) is 2.84. The second kappa shape index (κ2) is 6.78. The maximum absolute atomic E-state index is 12.8. The maximum Gasteiger partial charge on any atom is 0.251 e. The van der Waals surface area contributed by atoms with Crippen LogP contribution < -0.4 is 4.90 Å². The normalized spacial score (nSPS) is 23.7. The van der Waals surface area contributed by atoms with Gasteiger partial charge in [-0.25, -0.2) is 4.90 Å². The molecule has 124 valence electrons.